The standard InChI is InChI=1S/C14H24N4O/c1-2-12-17-11(15)9-13(18-12)16-10-14(19)7-5-3-4-6-8-14/h9,19H,2-8,10H2,1H3,(H3,15,16,17,18). The molecule has 4 N–H and O–H groups in total. The second-order valence-corrected chi connectivity index (χ2v) is 5.44. The van der Waals surface area contributed by atoms with Crippen molar-refractivity contribution in [1.82, 2.24) is 9.97 Å². The largest absolute Gasteiger partial charge is 0.388 e. The van der Waals surface area contributed by atoms with Gasteiger partial charge in [-0.2, -0.15) is 0 Å². The van der Waals surface area contributed by atoms with Crippen LogP contribution >= 0.6 is 0 Å². The van der Waals surface area contributed by atoms with Crippen molar-refractivity contribution in [3.05, 3.63) is 11.9 Å². The maximum Gasteiger partial charge on any atom is 0.132 e. The van der Waals surface area contributed by atoms with Crippen LogP contribution in [0.3, 0.4) is 0 Å². The van der Waals surface area contributed by atoms with Crippen LogP contribution in [-0.2, 0) is 6.42 Å². The van der Waals surface area contributed by atoms with E-state index in [2.05, 4.69) is 15.3 Å². The van der Waals surface area contributed by atoms with Crippen LogP contribution in [0.5, 0.6) is 0 Å². The van der Waals surface area contributed by atoms with Crippen LogP contribution in [0.4, 0.5) is 11.6 Å². The summed E-state index contributed by atoms with van der Waals surface area (Å²) in [7, 11) is 0. The Morgan fingerprint density at radius 1 is 1.26 bits per heavy atom. The second kappa shape index (κ2) is 6.19. The van der Waals surface area contributed by atoms with Crippen molar-refractivity contribution < 1.29 is 5.11 Å². The predicted octanol–water partition coefficient (Wildman–Crippen LogP) is 2.12. The lowest BCUT2D eigenvalue weighted by Crippen LogP contribution is -2.36. The molecule has 1 saturated carbocycles. The van der Waals surface area contributed by atoms with E-state index in [0.717, 1.165) is 37.9 Å². The second-order valence-electron chi connectivity index (χ2n) is 5.44. The molecule has 1 fully saturated rings. The van der Waals surface area contributed by atoms with E-state index in [9.17, 15) is 5.11 Å². The molecule has 1 heterocycles. The van der Waals surface area contributed by atoms with Gasteiger partial charge in [0.2, 0.25) is 0 Å². The minimum Gasteiger partial charge on any atom is -0.388 e. The van der Waals surface area contributed by atoms with E-state index in [-0.39, 0.29) is 0 Å². The van der Waals surface area contributed by atoms with Crippen LogP contribution in [0.1, 0.15) is 51.3 Å². The number of hydrogen-bond acceptors (Lipinski definition) is 5. The summed E-state index contributed by atoms with van der Waals surface area (Å²) < 4.78 is 0. The van der Waals surface area contributed by atoms with Crippen molar-refractivity contribution in [2.75, 3.05) is 17.6 Å². The summed E-state index contributed by atoms with van der Waals surface area (Å²) in [6.07, 6.45) is 7.13. The highest BCUT2D eigenvalue weighted by Crippen LogP contribution is 2.27. The zero-order valence-electron chi connectivity index (χ0n) is 11.7. The molecule has 0 aromatic carbocycles. The van der Waals surface area contributed by atoms with Crippen molar-refractivity contribution in [3.63, 3.8) is 0 Å². The molecule has 0 bridgehead atoms. The van der Waals surface area contributed by atoms with E-state index in [0.29, 0.717) is 18.2 Å². The van der Waals surface area contributed by atoms with E-state index >= 15 is 0 Å². The van der Waals surface area contributed by atoms with Gasteiger partial charge in [0.15, 0.2) is 0 Å². The molecule has 0 atom stereocenters. The van der Waals surface area contributed by atoms with E-state index < -0.39 is 5.60 Å². The lowest BCUT2D eigenvalue weighted by atomic mass is 9.94. The first-order valence-electron chi connectivity index (χ1n) is 7.21. The summed E-state index contributed by atoms with van der Waals surface area (Å²) in [6, 6.07) is 1.72. The molecule has 5 heteroatoms. The maximum atomic E-state index is 10.6. The highest BCUT2D eigenvalue weighted by atomic mass is 16.3. The minimum absolute atomic E-state index is 0.474. The predicted molar refractivity (Wildman–Crippen MR) is 77.0 cm³/mol. The van der Waals surface area contributed by atoms with Gasteiger partial charge in [0.05, 0.1) is 5.60 Å². The molecule has 19 heavy (non-hydrogen) atoms. The van der Waals surface area contributed by atoms with Crippen LogP contribution in [0, 0.1) is 0 Å². The fourth-order valence-corrected chi connectivity index (χ4v) is 2.58. The van der Waals surface area contributed by atoms with E-state index in [1.165, 1.54) is 12.8 Å². The molecule has 0 aliphatic heterocycles. The van der Waals surface area contributed by atoms with Crippen LogP contribution in [0.25, 0.3) is 0 Å². The van der Waals surface area contributed by atoms with E-state index in [1.807, 2.05) is 6.92 Å². The van der Waals surface area contributed by atoms with Gasteiger partial charge in [-0.05, 0) is 12.8 Å². The fraction of sp³-hybridized carbons (Fsp3) is 0.714. The van der Waals surface area contributed by atoms with Gasteiger partial charge in [0.1, 0.15) is 17.5 Å². The maximum absolute atomic E-state index is 10.6. The Morgan fingerprint density at radius 3 is 2.58 bits per heavy atom. The average molecular weight is 264 g/mol. The molecule has 1 aliphatic rings. The smallest absolute Gasteiger partial charge is 0.132 e. The molecule has 1 aromatic heterocycles. The molecular weight excluding hydrogens is 240 g/mol. The number of rotatable bonds is 4. The monoisotopic (exact) mass is 264 g/mol. The summed E-state index contributed by atoms with van der Waals surface area (Å²) in [5.74, 6) is 1.92. The summed E-state index contributed by atoms with van der Waals surface area (Å²) in [5, 5.41) is 13.8. The number of aromatic nitrogens is 2. The highest BCUT2D eigenvalue weighted by Gasteiger charge is 2.27. The van der Waals surface area contributed by atoms with Gasteiger partial charge < -0.3 is 16.2 Å². The van der Waals surface area contributed by atoms with Gasteiger partial charge in [-0.3, -0.25) is 0 Å². The Bertz CT molecular complexity index is 414. The van der Waals surface area contributed by atoms with Crippen molar-refractivity contribution in [1.29, 1.82) is 0 Å². The molecule has 106 valence electrons. The molecule has 1 aromatic rings. The normalized spacial score (nSPS) is 18.8. The summed E-state index contributed by atoms with van der Waals surface area (Å²) >= 11 is 0. The van der Waals surface area contributed by atoms with Crippen molar-refractivity contribution in [3.8, 4) is 0 Å². The van der Waals surface area contributed by atoms with Gasteiger partial charge in [0, 0.05) is 19.0 Å². The third kappa shape index (κ3) is 4.06. The van der Waals surface area contributed by atoms with Gasteiger partial charge >= 0.3 is 0 Å². The zero-order valence-corrected chi connectivity index (χ0v) is 11.7. The van der Waals surface area contributed by atoms with Gasteiger partial charge in [-0.25, -0.2) is 9.97 Å². The minimum atomic E-state index is -0.609. The Labute approximate surface area is 114 Å². The molecule has 0 radical (unpaired) electrons. The molecule has 5 nitrogen and oxygen atoms in total. The Balaban J connectivity index is 1.99. The Hall–Kier alpha value is -1.36. The number of nitrogens with two attached hydrogens (primary N) is 1. The van der Waals surface area contributed by atoms with Crippen LogP contribution in [0.15, 0.2) is 6.07 Å². The molecular formula is C14H24N4O. The van der Waals surface area contributed by atoms with Gasteiger partial charge in [0.25, 0.3) is 0 Å². The molecule has 0 saturated heterocycles. The Morgan fingerprint density at radius 2 is 1.95 bits per heavy atom. The molecule has 0 spiro atoms. The zero-order chi connectivity index (χ0) is 13.7. The number of nitrogens with one attached hydrogen (secondary N) is 1. The van der Waals surface area contributed by atoms with Crippen LogP contribution in [-0.4, -0.2) is 27.2 Å². The van der Waals surface area contributed by atoms with E-state index in [1.54, 1.807) is 6.07 Å². The molecule has 1 aliphatic carbocycles. The lowest BCUT2D eigenvalue weighted by Gasteiger charge is -2.27. The molecule has 0 unspecified atom stereocenters. The van der Waals surface area contributed by atoms with Crippen LogP contribution in [0.2, 0.25) is 0 Å². The first-order valence-corrected chi connectivity index (χ1v) is 7.21. The SMILES string of the molecule is CCc1nc(N)cc(NCC2(O)CCCCCC2)n1. The van der Waals surface area contributed by atoms with Crippen molar-refractivity contribution in [2.45, 2.75) is 57.5 Å². The van der Waals surface area contributed by atoms with Gasteiger partial charge in [-0.1, -0.05) is 32.6 Å². The third-order valence-electron chi connectivity index (χ3n) is 3.74. The summed E-state index contributed by atoms with van der Waals surface area (Å²) in [6.45, 7) is 2.53. The van der Waals surface area contributed by atoms with Crippen molar-refractivity contribution in [2.24, 2.45) is 0 Å². The number of hydrogen-bond donors (Lipinski definition) is 3. The average Bonchev–Trinajstić information content (AvgIpc) is 2.61. The number of nitrogen functional groups attached to an aromatic ring is 1. The molecule has 0 amide bonds. The first kappa shape index (κ1) is 14.1. The van der Waals surface area contributed by atoms with Crippen molar-refractivity contribution >= 4 is 11.6 Å². The lowest BCUT2D eigenvalue weighted by molar-refractivity contribution is 0.0380. The highest BCUT2D eigenvalue weighted by molar-refractivity contribution is 5.44. The summed E-state index contributed by atoms with van der Waals surface area (Å²) in [4.78, 5) is 8.52. The number of aliphatic hydroxyl groups is 1. The Kier molecular flexibility index (Phi) is 4.58. The van der Waals surface area contributed by atoms with Crippen LogP contribution < -0.4 is 11.1 Å². The van der Waals surface area contributed by atoms with E-state index in [4.69, 9.17) is 5.73 Å². The summed E-state index contributed by atoms with van der Waals surface area (Å²) in [5.41, 5.74) is 5.14. The number of anilines is 2. The van der Waals surface area contributed by atoms with Gasteiger partial charge in [-0.15, -0.1) is 0 Å². The fourth-order valence-electron chi connectivity index (χ4n) is 2.58. The molecule has 2 rings (SSSR count). The quantitative estimate of drug-likeness (QED) is 0.725. The first-order chi connectivity index (χ1) is 9.11. The number of nitrogens with zero attached hydrogens (tertiary/aromatic N) is 2. The topological polar surface area (TPSA) is 84.1 Å². The number of aryl methyl sites for hydroxylation is 1. The third-order valence-corrected chi connectivity index (χ3v) is 3.74.